The molecule has 4 aromatic rings. The van der Waals surface area contributed by atoms with Crippen molar-refractivity contribution >= 4 is 34.1 Å². The molecule has 2 amide bonds. The van der Waals surface area contributed by atoms with Gasteiger partial charge in [0.2, 0.25) is 0 Å². The third-order valence-electron chi connectivity index (χ3n) is 5.75. The van der Waals surface area contributed by atoms with E-state index in [1.54, 1.807) is 31.4 Å². The number of carbonyl (C=O) groups excluding carboxylic acids is 1. The zero-order valence-electron chi connectivity index (χ0n) is 17.8. The van der Waals surface area contributed by atoms with E-state index in [0.29, 0.717) is 17.4 Å². The molecule has 0 spiro atoms. The fourth-order valence-electron chi connectivity index (χ4n) is 4.14. The molecule has 1 aliphatic rings. The Morgan fingerprint density at radius 2 is 1.72 bits per heavy atom. The van der Waals surface area contributed by atoms with E-state index in [2.05, 4.69) is 40.2 Å². The molecule has 3 N–H and O–H groups in total. The second-order valence-electron chi connectivity index (χ2n) is 7.85. The van der Waals surface area contributed by atoms with Gasteiger partial charge in [-0.15, -0.1) is 0 Å². The van der Waals surface area contributed by atoms with Crippen molar-refractivity contribution in [3.63, 3.8) is 0 Å². The highest BCUT2D eigenvalue weighted by molar-refractivity contribution is 6.01. The lowest BCUT2D eigenvalue weighted by Crippen LogP contribution is -2.19. The standard InChI is InChI=1S/C26H24N4O2/c1-32-21-11-8-19(9-12-21)27-26(31)28-20-10-14-23-18(16-20)7-15-25(29-23)30-24-13-6-17-4-2-3-5-22(17)24/h2-5,7-12,14-16,24H,6,13H2,1H3,(H,29,30)(H2,27,28,31)/t24-/m1/s1. The van der Waals surface area contributed by atoms with Crippen LogP contribution in [0.25, 0.3) is 10.9 Å². The lowest BCUT2D eigenvalue weighted by Gasteiger charge is -2.15. The van der Waals surface area contributed by atoms with Crippen LogP contribution in [0.4, 0.5) is 22.0 Å². The van der Waals surface area contributed by atoms with Gasteiger partial charge in [0.25, 0.3) is 0 Å². The fraction of sp³-hybridized carbons (Fsp3) is 0.154. The lowest BCUT2D eigenvalue weighted by molar-refractivity contribution is 0.262. The molecular weight excluding hydrogens is 400 g/mol. The van der Waals surface area contributed by atoms with Crippen LogP contribution in [0.3, 0.4) is 0 Å². The zero-order valence-corrected chi connectivity index (χ0v) is 17.8. The number of methoxy groups -OCH3 is 1. The lowest BCUT2D eigenvalue weighted by atomic mass is 10.1. The summed E-state index contributed by atoms with van der Waals surface area (Å²) in [5, 5.41) is 10.2. The van der Waals surface area contributed by atoms with E-state index in [1.807, 2.05) is 30.3 Å². The van der Waals surface area contributed by atoms with E-state index in [9.17, 15) is 4.79 Å². The first-order valence-electron chi connectivity index (χ1n) is 10.7. The number of nitrogens with one attached hydrogen (secondary N) is 3. The highest BCUT2D eigenvalue weighted by Gasteiger charge is 2.21. The zero-order chi connectivity index (χ0) is 21.9. The summed E-state index contributed by atoms with van der Waals surface area (Å²) in [5.74, 6) is 1.60. The molecule has 5 rings (SSSR count). The summed E-state index contributed by atoms with van der Waals surface area (Å²) >= 11 is 0. The summed E-state index contributed by atoms with van der Waals surface area (Å²) in [4.78, 5) is 17.1. The van der Waals surface area contributed by atoms with Gasteiger partial charge < -0.3 is 20.7 Å². The Labute approximate surface area is 186 Å². The van der Waals surface area contributed by atoms with Gasteiger partial charge in [-0.2, -0.15) is 0 Å². The van der Waals surface area contributed by atoms with Gasteiger partial charge in [-0.3, -0.25) is 0 Å². The Morgan fingerprint density at radius 3 is 2.56 bits per heavy atom. The Morgan fingerprint density at radius 1 is 0.938 bits per heavy atom. The summed E-state index contributed by atoms with van der Waals surface area (Å²) in [6.45, 7) is 0. The maximum Gasteiger partial charge on any atom is 0.323 e. The largest absolute Gasteiger partial charge is 0.497 e. The highest BCUT2D eigenvalue weighted by atomic mass is 16.5. The molecule has 6 heteroatoms. The Hall–Kier alpha value is -4.06. The van der Waals surface area contributed by atoms with E-state index in [4.69, 9.17) is 9.72 Å². The molecule has 32 heavy (non-hydrogen) atoms. The van der Waals surface area contributed by atoms with E-state index in [1.165, 1.54) is 11.1 Å². The normalized spacial score (nSPS) is 14.6. The molecule has 0 bridgehead atoms. The van der Waals surface area contributed by atoms with Gasteiger partial charge in [0.15, 0.2) is 0 Å². The van der Waals surface area contributed by atoms with Crippen LogP contribution in [-0.4, -0.2) is 18.1 Å². The van der Waals surface area contributed by atoms with Gasteiger partial charge >= 0.3 is 6.03 Å². The monoisotopic (exact) mass is 424 g/mol. The van der Waals surface area contributed by atoms with Crippen LogP contribution in [-0.2, 0) is 6.42 Å². The first kappa shape index (κ1) is 19.9. The SMILES string of the molecule is COc1ccc(NC(=O)Nc2ccc3nc(N[C@@H]4CCc5ccccc54)ccc3c2)cc1. The van der Waals surface area contributed by atoms with Crippen LogP contribution in [0.5, 0.6) is 5.75 Å². The van der Waals surface area contributed by atoms with Crippen molar-refractivity contribution in [2.75, 3.05) is 23.1 Å². The number of rotatable bonds is 5. The second kappa shape index (κ2) is 8.59. The number of pyridine rings is 1. The molecule has 0 saturated heterocycles. The molecule has 0 saturated carbocycles. The molecule has 0 radical (unpaired) electrons. The number of fused-ring (bicyclic) bond motifs is 2. The van der Waals surface area contributed by atoms with Gasteiger partial charge in [0.1, 0.15) is 11.6 Å². The first-order valence-corrected chi connectivity index (χ1v) is 10.7. The third kappa shape index (κ3) is 4.21. The maximum absolute atomic E-state index is 12.3. The molecule has 1 aromatic heterocycles. The van der Waals surface area contributed by atoms with Gasteiger partial charge in [0.05, 0.1) is 18.7 Å². The Bertz CT molecular complexity index is 1270. The molecule has 3 aromatic carbocycles. The van der Waals surface area contributed by atoms with Crippen molar-refractivity contribution in [3.05, 3.63) is 90.0 Å². The van der Waals surface area contributed by atoms with Crippen molar-refractivity contribution < 1.29 is 9.53 Å². The van der Waals surface area contributed by atoms with Crippen LogP contribution in [0, 0.1) is 0 Å². The van der Waals surface area contributed by atoms with Gasteiger partial charge in [0, 0.05) is 16.8 Å². The van der Waals surface area contributed by atoms with Crippen LogP contribution in [0.2, 0.25) is 0 Å². The number of benzene rings is 3. The van der Waals surface area contributed by atoms with Crippen molar-refractivity contribution in [1.82, 2.24) is 4.98 Å². The fourth-order valence-corrected chi connectivity index (χ4v) is 4.14. The predicted octanol–water partition coefficient (Wildman–Crippen LogP) is 5.99. The van der Waals surface area contributed by atoms with Crippen LogP contribution in [0.1, 0.15) is 23.6 Å². The number of ether oxygens (including phenoxy) is 1. The molecule has 160 valence electrons. The number of aromatic nitrogens is 1. The molecule has 1 heterocycles. The van der Waals surface area contributed by atoms with Crippen molar-refractivity contribution in [3.8, 4) is 5.75 Å². The van der Waals surface area contributed by atoms with Crippen molar-refractivity contribution in [1.29, 1.82) is 0 Å². The third-order valence-corrected chi connectivity index (χ3v) is 5.75. The topological polar surface area (TPSA) is 75.3 Å². The van der Waals surface area contributed by atoms with E-state index in [-0.39, 0.29) is 6.03 Å². The van der Waals surface area contributed by atoms with E-state index < -0.39 is 0 Å². The molecule has 0 unspecified atom stereocenters. The van der Waals surface area contributed by atoms with Crippen molar-refractivity contribution in [2.24, 2.45) is 0 Å². The highest BCUT2D eigenvalue weighted by Crippen LogP contribution is 2.33. The minimum atomic E-state index is -0.305. The average Bonchev–Trinajstić information content (AvgIpc) is 3.22. The summed E-state index contributed by atoms with van der Waals surface area (Å²) < 4.78 is 5.13. The van der Waals surface area contributed by atoms with E-state index >= 15 is 0 Å². The number of anilines is 3. The Balaban J connectivity index is 1.26. The van der Waals surface area contributed by atoms with Crippen LogP contribution < -0.4 is 20.7 Å². The smallest absolute Gasteiger partial charge is 0.323 e. The summed E-state index contributed by atoms with van der Waals surface area (Å²) in [6.07, 6.45) is 2.17. The molecule has 0 fully saturated rings. The number of hydrogen-bond acceptors (Lipinski definition) is 4. The number of aryl methyl sites for hydroxylation is 1. The number of amides is 2. The summed E-state index contributed by atoms with van der Waals surface area (Å²) in [7, 11) is 1.61. The van der Waals surface area contributed by atoms with Gasteiger partial charge in [-0.1, -0.05) is 24.3 Å². The first-order chi connectivity index (χ1) is 15.7. The second-order valence-corrected chi connectivity index (χ2v) is 7.85. The molecule has 0 aliphatic heterocycles. The van der Waals surface area contributed by atoms with E-state index in [0.717, 1.165) is 35.3 Å². The van der Waals surface area contributed by atoms with Crippen LogP contribution >= 0.6 is 0 Å². The van der Waals surface area contributed by atoms with Crippen LogP contribution in [0.15, 0.2) is 78.9 Å². The molecule has 1 aliphatic carbocycles. The van der Waals surface area contributed by atoms with Gasteiger partial charge in [-0.25, -0.2) is 9.78 Å². The molecule has 6 nitrogen and oxygen atoms in total. The maximum atomic E-state index is 12.3. The number of urea groups is 1. The number of carbonyl (C=O) groups is 1. The quantitative estimate of drug-likeness (QED) is 0.368. The number of nitrogens with zero attached hydrogens (tertiary/aromatic N) is 1. The molecule has 1 atom stereocenters. The number of hydrogen-bond donors (Lipinski definition) is 3. The summed E-state index contributed by atoms with van der Waals surface area (Å²) in [6, 6.07) is 25.5. The predicted molar refractivity (Wildman–Crippen MR) is 129 cm³/mol. The minimum absolute atomic E-state index is 0.291. The summed E-state index contributed by atoms with van der Waals surface area (Å²) in [5.41, 5.74) is 5.04. The average molecular weight is 425 g/mol. The molecular formula is C26H24N4O2. The minimum Gasteiger partial charge on any atom is -0.497 e. The van der Waals surface area contributed by atoms with Crippen molar-refractivity contribution in [2.45, 2.75) is 18.9 Å². The Kier molecular flexibility index (Phi) is 5.34. The van der Waals surface area contributed by atoms with Gasteiger partial charge in [-0.05, 0) is 78.6 Å².